The molecule has 3 rings (SSSR count). The lowest BCUT2D eigenvalue weighted by Gasteiger charge is -2.18. The Bertz CT molecular complexity index is 777. The number of carbonyl (C=O) groups excluding carboxylic acids is 1. The average molecular weight is 402 g/mol. The number of nitrogens with one attached hydrogen (secondary N) is 1. The van der Waals surface area contributed by atoms with Gasteiger partial charge in [-0.05, 0) is 24.8 Å². The van der Waals surface area contributed by atoms with E-state index in [0.29, 0.717) is 0 Å². The lowest BCUT2D eigenvalue weighted by atomic mass is 10.0. The third-order valence-electron chi connectivity index (χ3n) is 4.19. The van der Waals surface area contributed by atoms with Gasteiger partial charge in [-0.15, -0.1) is 22.7 Å². The van der Waals surface area contributed by atoms with Crippen LogP contribution >= 0.6 is 22.7 Å². The number of ether oxygens (including phenoxy) is 1. The molecular formula is C20H23N3O2S2. The van der Waals surface area contributed by atoms with E-state index in [4.69, 9.17) is 4.74 Å². The number of benzene rings is 1. The van der Waals surface area contributed by atoms with Gasteiger partial charge in [-0.3, -0.25) is 9.97 Å². The number of thiazole rings is 2. The van der Waals surface area contributed by atoms with E-state index in [1.807, 2.05) is 17.8 Å². The zero-order valence-corrected chi connectivity index (χ0v) is 16.7. The molecule has 1 N–H and O–H groups in total. The monoisotopic (exact) mass is 401 g/mol. The van der Waals surface area contributed by atoms with Crippen LogP contribution in [0.4, 0.5) is 4.79 Å². The van der Waals surface area contributed by atoms with Crippen molar-refractivity contribution in [3.63, 3.8) is 0 Å². The predicted octanol–water partition coefficient (Wildman–Crippen LogP) is 4.85. The second kappa shape index (κ2) is 10.8. The molecule has 0 radical (unpaired) electrons. The number of nitrogens with zero attached hydrogens (tertiary/aromatic N) is 2. The summed E-state index contributed by atoms with van der Waals surface area (Å²) in [6.45, 7) is 0.262. The highest BCUT2D eigenvalue weighted by molar-refractivity contribution is 7.09. The minimum absolute atomic E-state index is 0.0511. The second-order valence-electron chi connectivity index (χ2n) is 6.29. The molecule has 1 atom stereocenters. The van der Waals surface area contributed by atoms with Gasteiger partial charge in [0.1, 0.15) is 6.61 Å². The lowest BCUT2D eigenvalue weighted by Crippen LogP contribution is -2.36. The molecule has 1 amide bonds. The molecule has 2 aromatic heterocycles. The molecule has 0 spiro atoms. The average Bonchev–Trinajstić information content (AvgIpc) is 3.38. The Morgan fingerprint density at radius 1 is 1.04 bits per heavy atom. The molecule has 0 saturated carbocycles. The van der Waals surface area contributed by atoms with Crippen LogP contribution in [0, 0.1) is 0 Å². The van der Waals surface area contributed by atoms with Crippen molar-refractivity contribution in [3.05, 3.63) is 69.1 Å². The molecule has 0 saturated heterocycles. The van der Waals surface area contributed by atoms with Gasteiger partial charge < -0.3 is 10.1 Å². The van der Waals surface area contributed by atoms with Gasteiger partial charge in [-0.1, -0.05) is 36.8 Å². The van der Waals surface area contributed by atoms with Crippen molar-refractivity contribution in [1.82, 2.24) is 15.3 Å². The predicted molar refractivity (Wildman–Crippen MR) is 109 cm³/mol. The van der Waals surface area contributed by atoms with Crippen molar-refractivity contribution in [3.8, 4) is 0 Å². The Kier molecular flexibility index (Phi) is 7.80. The number of unbranched alkanes of at least 4 members (excludes halogenated alkanes) is 1. The van der Waals surface area contributed by atoms with Crippen LogP contribution in [0.15, 0.2) is 53.7 Å². The Labute approximate surface area is 167 Å². The van der Waals surface area contributed by atoms with Crippen LogP contribution in [0.3, 0.4) is 0 Å². The van der Waals surface area contributed by atoms with Crippen molar-refractivity contribution in [1.29, 1.82) is 0 Å². The largest absolute Gasteiger partial charge is 0.444 e. The number of carbonyl (C=O) groups is 1. The van der Waals surface area contributed by atoms with Gasteiger partial charge in [-0.2, -0.15) is 0 Å². The summed E-state index contributed by atoms with van der Waals surface area (Å²) in [5.41, 5.74) is 4.91. The van der Waals surface area contributed by atoms with E-state index in [-0.39, 0.29) is 18.7 Å². The fourth-order valence-electron chi connectivity index (χ4n) is 2.83. The van der Waals surface area contributed by atoms with Crippen LogP contribution < -0.4 is 5.32 Å². The van der Waals surface area contributed by atoms with Crippen LogP contribution in [0.25, 0.3) is 0 Å². The first-order valence-corrected chi connectivity index (χ1v) is 10.8. The first-order valence-electron chi connectivity index (χ1n) is 9.01. The zero-order valence-electron chi connectivity index (χ0n) is 15.0. The molecule has 0 aliphatic carbocycles. The number of rotatable bonds is 10. The summed E-state index contributed by atoms with van der Waals surface area (Å²) in [7, 11) is 0. The van der Waals surface area contributed by atoms with Gasteiger partial charge in [0.05, 0.1) is 15.9 Å². The van der Waals surface area contributed by atoms with Gasteiger partial charge in [-0.25, -0.2) is 4.79 Å². The van der Waals surface area contributed by atoms with E-state index in [1.165, 1.54) is 21.8 Å². The SMILES string of the molecule is O=C(NC(CCCCc1ccccc1)Cc1cncs1)OCc1cncs1. The molecule has 2 heterocycles. The van der Waals surface area contributed by atoms with Gasteiger partial charge >= 0.3 is 6.09 Å². The van der Waals surface area contributed by atoms with Crippen LogP contribution in [-0.2, 0) is 24.2 Å². The highest BCUT2D eigenvalue weighted by atomic mass is 32.1. The van der Waals surface area contributed by atoms with Crippen molar-refractivity contribution in [2.24, 2.45) is 0 Å². The molecule has 27 heavy (non-hydrogen) atoms. The van der Waals surface area contributed by atoms with E-state index >= 15 is 0 Å². The van der Waals surface area contributed by atoms with Gasteiger partial charge in [0.15, 0.2) is 0 Å². The normalized spacial score (nSPS) is 11.9. The van der Waals surface area contributed by atoms with Gasteiger partial charge in [0.25, 0.3) is 0 Å². The summed E-state index contributed by atoms with van der Waals surface area (Å²) in [6, 6.07) is 10.5. The first kappa shape index (κ1) is 19.5. The molecule has 0 aliphatic rings. The van der Waals surface area contributed by atoms with Gasteiger partial charge in [0, 0.05) is 29.7 Å². The molecule has 0 fully saturated rings. The van der Waals surface area contributed by atoms with Crippen LogP contribution in [0.5, 0.6) is 0 Å². The summed E-state index contributed by atoms with van der Waals surface area (Å²) < 4.78 is 5.32. The Morgan fingerprint density at radius 3 is 2.48 bits per heavy atom. The minimum atomic E-state index is -0.374. The standard InChI is InChI=1S/C20H23N3O2S2/c24-20(25-13-19-12-22-15-27-19)23-17(10-18-11-21-14-26-18)9-5-4-8-16-6-2-1-3-7-16/h1-3,6-7,11-12,14-15,17H,4-5,8-10,13H2,(H,23,24). The number of aryl methyl sites for hydroxylation is 1. The maximum absolute atomic E-state index is 12.2. The maximum Gasteiger partial charge on any atom is 0.407 e. The molecule has 0 bridgehead atoms. The molecule has 142 valence electrons. The van der Waals surface area contributed by atoms with Gasteiger partial charge in [0.2, 0.25) is 0 Å². The fourth-order valence-corrected chi connectivity index (χ4v) is 4.02. The van der Waals surface area contributed by atoms with Crippen molar-refractivity contribution >= 4 is 28.8 Å². The number of hydrogen-bond donors (Lipinski definition) is 1. The number of hydrogen-bond acceptors (Lipinski definition) is 6. The fraction of sp³-hybridized carbons (Fsp3) is 0.350. The number of amides is 1. The number of alkyl carbamates (subject to hydrolysis) is 1. The highest BCUT2D eigenvalue weighted by Gasteiger charge is 2.15. The van der Waals surface area contributed by atoms with Crippen molar-refractivity contribution < 1.29 is 9.53 Å². The highest BCUT2D eigenvalue weighted by Crippen LogP contribution is 2.15. The molecule has 0 aliphatic heterocycles. The molecule has 1 aromatic carbocycles. The zero-order chi connectivity index (χ0) is 18.7. The van der Waals surface area contributed by atoms with E-state index < -0.39 is 0 Å². The lowest BCUT2D eigenvalue weighted by molar-refractivity contribution is 0.136. The molecule has 3 aromatic rings. The smallest absolute Gasteiger partial charge is 0.407 e. The van der Waals surface area contributed by atoms with E-state index in [9.17, 15) is 4.79 Å². The molecular weight excluding hydrogens is 378 g/mol. The number of aromatic nitrogens is 2. The van der Waals surface area contributed by atoms with Crippen LogP contribution in [0.1, 0.15) is 34.6 Å². The summed E-state index contributed by atoms with van der Waals surface area (Å²) in [5.74, 6) is 0. The van der Waals surface area contributed by atoms with E-state index in [1.54, 1.807) is 23.0 Å². The van der Waals surface area contributed by atoms with E-state index in [0.717, 1.165) is 37.0 Å². The second-order valence-corrected chi connectivity index (χ2v) is 8.23. The Balaban J connectivity index is 1.45. The third kappa shape index (κ3) is 7.11. The quantitative estimate of drug-likeness (QED) is 0.493. The molecule has 7 heteroatoms. The van der Waals surface area contributed by atoms with Crippen molar-refractivity contribution in [2.45, 2.75) is 44.8 Å². The summed E-state index contributed by atoms with van der Waals surface area (Å²) in [4.78, 5) is 22.4. The first-order chi connectivity index (χ1) is 13.3. The van der Waals surface area contributed by atoms with Crippen LogP contribution in [-0.4, -0.2) is 22.1 Å². The summed E-state index contributed by atoms with van der Waals surface area (Å²) in [5, 5.41) is 3.02. The molecule has 1 unspecified atom stereocenters. The Morgan fingerprint density at radius 2 is 1.78 bits per heavy atom. The summed E-state index contributed by atoms with van der Waals surface area (Å²) in [6.07, 6.45) is 8.12. The van der Waals surface area contributed by atoms with Crippen LogP contribution in [0.2, 0.25) is 0 Å². The Hall–Kier alpha value is -2.25. The maximum atomic E-state index is 12.2. The van der Waals surface area contributed by atoms with Crippen molar-refractivity contribution in [2.75, 3.05) is 0 Å². The summed E-state index contributed by atoms with van der Waals surface area (Å²) >= 11 is 3.10. The van der Waals surface area contributed by atoms with E-state index in [2.05, 4.69) is 39.6 Å². The molecule has 5 nitrogen and oxygen atoms in total. The topological polar surface area (TPSA) is 64.1 Å². The third-order valence-corrected chi connectivity index (χ3v) is 5.75. The minimum Gasteiger partial charge on any atom is -0.444 e.